The summed E-state index contributed by atoms with van der Waals surface area (Å²) in [5, 5.41) is 2.57. The van der Waals surface area contributed by atoms with E-state index < -0.39 is 8.07 Å². The van der Waals surface area contributed by atoms with Crippen molar-refractivity contribution in [2.45, 2.75) is 20.0 Å². The van der Waals surface area contributed by atoms with Gasteiger partial charge in [0.25, 0.3) is 0 Å². The van der Waals surface area contributed by atoms with Gasteiger partial charge < -0.3 is 4.74 Å². The van der Waals surface area contributed by atoms with Crippen LogP contribution in [0.4, 0.5) is 0 Å². The summed E-state index contributed by atoms with van der Waals surface area (Å²) in [6.45, 7) is 6.96. The van der Waals surface area contributed by atoms with E-state index in [9.17, 15) is 0 Å². The third-order valence-electron chi connectivity index (χ3n) is 9.56. The second kappa shape index (κ2) is 11.7. The average Bonchev–Trinajstić information content (AvgIpc) is 3.12. The number of fused-ring (bicyclic) bond motifs is 2. The van der Waals surface area contributed by atoms with Gasteiger partial charge in [0, 0.05) is 16.9 Å². The topological polar surface area (TPSA) is 22.1 Å². The zero-order chi connectivity index (χ0) is 32.0. The van der Waals surface area contributed by atoms with Crippen LogP contribution in [0.3, 0.4) is 0 Å². The molecule has 0 radical (unpaired) electrons. The number of rotatable bonds is 5. The Morgan fingerprint density at radius 1 is 0.468 bits per heavy atom. The van der Waals surface area contributed by atoms with Gasteiger partial charge in [-0.1, -0.05) is 147 Å². The molecule has 3 heteroatoms. The van der Waals surface area contributed by atoms with Gasteiger partial charge in [-0.05, 0) is 85.9 Å². The van der Waals surface area contributed by atoms with Gasteiger partial charge in [-0.25, -0.2) is 4.98 Å². The summed E-state index contributed by atoms with van der Waals surface area (Å²) in [6.07, 6.45) is 1.83. The highest BCUT2D eigenvalue weighted by Gasteiger charge is 2.38. The first-order chi connectivity index (χ1) is 23.0. The molecule has 0 saturated heterocycles. The van der Waals surface area contributed by atoms with Gasteiger partial charge in [0.15, 0.2) is 0 Å². The van der Waals surface area contributed by atoms with Gasteiger partial charge in [0.1, 0.15) is 13.8 Å². The Balaban J connectivity index is 1.29. The van der Waals surface area contributed by atoms with E-state index in [0.29, 0.717) is 0 Å². The van der Waals surface area contributed by atoms with Crippen molar-refractivity contribution in [1.29, 1.82) is 0 Å². The Morgan fingerprint density at radius 2 is 1.00 bits per heavy atom. The summed E-state index contributed by atoms with van der Waals surface area (Å²) in [7, 11) is -1.98. The molecule has 0 aliphatic carbocycles. The number of nitrogens with zero attached hydrogens (tertiary/aromatic N) is 1. The molecule has 0 saturated carbocycles. The second-order valence-electron chi connectivity index (χ2n) is 12.8. The van der Waals surface area contributed by atoms with Crippen LogP contribution >= 0.6 is 0 Å². The molecule has 7 aromatic rings. The van der Waals surface area contributed by atoms with E-state index in [4.69, 9.17) is 4.74 Å². The highest BCUT2D eigenvalue weighted by Crippen LogP contribution is 2.44. The zero-order valence-corrected chi connectivity index (χ0v) is 27.9. The lowest BCUT2D eigenvalue weighted by molar-refractivity contribution is 0.468. The van der Waals surface area contributed by atoms with Gasteiger partial charge in [0.2, 0.25) is 5.88 Å². The van der Waals surface area contributed by atoms with Crippen molar-refractivity contribution < 1.29 is 4.74 Å². The van der Waals surface area contributed by atoms with Crippen molar-refractivity contribution in [1.82, 2.24) is 4.98 Å². The monoisotopic (exact) mass is 621 g/mol. The normalized spacial score (nSPS) is 12.9. The van der Waals surface area contributed by atoms with Crippen LogP contribution in [-0.2, 0) is 0 Å². The number of aromatic nitrogens is 1. The molecule has 8 rings (SSSR count). The predicted molar refractivity (Wildman–Crippen MR) is 199 cm³/mol. The largest absolute Gasteiger partial charge is 0.439 e. The van der Waals surface area contributed by atoms with Crippen molar-refractivity contribution in [2.24, 2.45) is 0 Å². The quantitative estimate of drug-likeness (QED) is 0.178. The molecule has 2 nitrogen and oxygen atoms in total. The Bertz CT molecular complexity index is 2160. The fourth-order valence-corrected chi connectivity index (χ4v) is 9.77. The van der Waals surface area contributed by atoms with Crippen molar-refractivity contribution in [3.8, 4) is 67.3 Å². The molecule has 1 aliphatic rings. The lowest BCUT2D eigenvalue weighted by atomic mass is 9.84. The third-order valence-corrected chi connectivity index (χ3v) is 13.0. The fraction of sp³-hybridized carbons (Fsp3) is 0.0682. The molecule has 0 N–H and O–H groups in total. The standard InChI is InChI=1S/C44H35NOSi/c1-30-21-26-39-43(46-44-40(47(39,2)3)20-13-27-45-44)41(30)35-24-22-31(23-25-35)36-28-37(32-14-7-4-8-15-32)42(34-18-11-6-12-19-34)38(29-36)33-16-9-5-10-17-33/h4-29H,1-3H3. The smallest absolute Gasteiger partial charge is 0.218 e. The fourth-order valence-electron chi connectivity index (χ4n) is 7.07. The highest BCUT2D eigenvalue weighted by atomic mass is 28.3. The molecular weight excluding hydrogens is 587 g/mol. The third kappa shape index (κ3) is 5.10. The Labute approximate surface area is 278 Å². The summed E-state index contributed by atoms with van der Waals surface area (Å²) in [4.78, 5) is 4.64. The minimum atomic E-state index is -1.98. The average molecular weight is 622 g/mol. The molecule has 0 amide bonds. The molecular formula is C44H35NOSi. The van der Waals surface area contributed by atoms with Crippen LogP contribution in [-0.4, -0.2) is 13.1 Å². The molecule has 0 spiro atoms. The maximum absolute atomic E-state index is 6.60. The van der Waals surface area contributed by atoms with Gasteiger partial charge in [-0.3, -0.25) is 0 Å². The number of hydrogen-bond donors (Lipinski definition) is 0. The number of aryl methyl sites for hydroxylation is 1. The molecule has 1 aromatic heterocycles. The Kier molecular flexibility index (Phi) is 7.19. The van der Waals surface area contributed by atoms with Crippen LogP contribution in [0.5, 0.6) is 11.6 Å². The van der Waals surface area contributed by atoms with E-state index in [1.54, 1.807) is 0 Å². The van der Waals surface area contributed by atoms with Gasteiger partial charge in [-0.2, -0.15) is 0 Å². The number of ether oxygens (including phenoxy) is 1. The first-order valence-corrected chi connectivity index (χ1v) is 19.2. The van der Waals surface area contributed by atoms with Crippen LogP contribution < -0.4 is 15.1 Å². The van der Waals surface area contributed by atoms with Gasteiger partial charge in [-0.15, -0.1) is 0 Å². The molecule has 226 valence electrons. The summed E-state index contributed by atoms with van der Waals surface area (Å²) in [5.41, 5.74) is 13.2. The molecule has 0 unspecified atom stereocenters. The molecule has 6 aromatic carbocycles. The molecule has 2 heterocycles. The van der Waals surface area contributed by atoms with Crippen LogP contribution in [0.1, 0.15) is 5.56 Å². The van der Waals surface area contributed by atoms with E-state index in [1.165, 1.54) is 60.4 Å². The highest BCUT2D eigenvalue weighted by molar-refractivity contribution is 7.01. The number of benzene rings is 6. The Morgan fingerprint density at radius 3 is 1.60 bits per heavy atom. The van der Waals surface area contributed by atoms with E-state index in [1.807, 2.05) is 12.3 Å². The zero-order valence-electron chi connectivity index (χ0n) is 26.9. The van der Waals surface area contributed by atoms with E-state index in [2.05, 4.69) is 171 Å². The summed E-state index contributed by atoms with van der Waals surface area (Å²) >= 11 is 0. The summed E-state index contributed by atoms with van der Waals surface area (Å²) in [6, 6.07) is 54.7. The first-order valence-electron chi connectivity index (χ1n) is 16.2. The molecule has 47 heavy (non-hydrogen) atoms. The van der Waals surface area contributed by atoms with Crippen LogP contribution in [0, 0.1) is 6.92 Å². The van der Waals surface area contributed by atoms with Crippen molar-refractivity contribution >= 4 is 18.4 Å². The van der Waals surface area contributed by atoms with Crippen LogP contribution in [0.25, 0.3) is 55.6 Å². The Hall–Kier alpha value is -5.51. The van der Waals surface area contributed by atoms with Crippen LogP contribution in [0.2, 0.25) is 13.1 Å². The van der Waals surface area contributed by atoms with Crippen molar-refractivity contribution in [3.63, 3.8) is 0 Å². The van der Waals surface area contributed by atoms with Crippen molar-refractivity contribution in [3.05, 3.63) is 163 Å². The summed E-state index contributed by atoms with van der Waals surface area (Å²) in [5.74, 6) is 1.71. The minimum Gasteiger partial charge on any atom is -0.439 e. The lowest BCUT2D eigenvalue weighted by Crippen LogP contribution is -2.56. The number of hydrogen-bond acceptors (Lipinski definition) is 2. The van der Waals surface area contributed by atoms with Crippen LogP contribution in [0.15, 0.2) is 158 Å². The maximum Gasteiger partial charge on any atom is 0.218 e. The van der Waals surface area contributed by atoms with E-state index in [-0.39, 0.29) is 0 Å². The molecule has 0 atom stereocenters. The minimum absolute atomic E-state index is 0.750. The van der Waals surface area contributed by atoms with E-state index >= 15 is 0 Å². The first kappa shape index (κ1) is 28.9. The van der Waals surface area contributed by atoms with Crippen molar-refractivity contribution in [2.75, 3.05) is 0 Å². The molecule has 0 fully saturated rings. The van der Waals surface area contributed by atoms with Gasteiger partial charge in [0.05, 0.1) is 0 Å². The molecule has 0 bridgehead atoms. The number of pyridine rings is 1. The second-order valence-corrected chi connectivity index (χ2v) is 17.2. The molecule has 1 aliphatic heterocycles. The SMILES string of the molecule is Cc1ccc2c(c1-c1ccc(-c3cc(-c4ccccc4)c(-c4ccccc4)c(-c4ccccc4)c3)cc1)Oc1ncccc1[Si]2(C)C. The lowest BCUT2D eigenvalue weighted by Gasteiger charge is -2.33. The summed E-state index contributed by atoms with van der Waals surface area (Å²) < 4.78 is 6.60. The maximum atomic E-state index is 6.60. The van der Waals surface area contributed by atoms with E-state index in [0.717, 1.165) is 22.8 Å². The predicted octanol–water partition coefficient (Wildman–Crippen LogP) is 10.7. The van der Waals surface area contributed by atoms with Gasteiger partial charge >= 0.3 is 0 Å².